The van der Waals surface area contributed by atoms with Gasteiger partial charge in [0.1, 0.15) is 10.8 Å². The van der Waals surface area contributed by atoms with Crippen molar-refractivity contribution in [1.29, 1.82) is 0 Å². The number of aryl methyl sites for hydroxylation is 2. The van der Waals surface area contributed by atoms with E-state index in [4.69, 9.17) is 16.3 Å². The molecule has 7 nitrogen and oxygen atoms in total. The van der Waals surface area contributed by atoms with Crippen molar-refractivity contribution in [3.8, 4) is 11.6 Å². The van der Waals surface area contributed by atoms with Gasteiger partial charge in [-0.2, -0.15) is 5.10 Å². The number of alkyl halides is 3. The molecule has 0 saturated carbocycles. The van der Waals surface area contributed by atoms with E-state index in [9.17, 15) is 18.0 Å². The molecule has 2 aromatic heterocycles. The zero-order valence-electron chi connectivity index (χ0n) is 14.9. The minimum absolute atomic E-state index is 0.108. The molecule has 150 valence electrons. The number of amides is 1. The van der Waals surface area contributed by atoms with Crippen molar-refractivity contribution in [2.45, 2.75) is 19.7 Å². The topological polar surface area (TPSA) is 81.2 Å². The summed E-state index contributed by atoms with van der Waals surface area (Å²) in [5.41, 5.74) is 2.22. The number of carbonyl (C=O) groups is 1. The summed E-state index contributed by atoms with van der Waals surface area (Å²) in [6.07, 6.45) is -3.77. The third-order valence-electron chi connectivity index (χ3n) is 4.00. The maximum absolute atomic E-state index is 12.4. The van der Waals surface area contributed by atoms with Gasteiger partial charge < -0.3 is 19.8 Å². The number of hydrogen-bond acceptors (Lipinski definition) is 4. The Morgan fingerprint density at radius 1 is 1.39 bits per heavy atom. The predicted molar refractivity (Wildman–Crippen MR) is 95.7 cm³/mol. The first-order chi connectivity index (χ1) is 13.1. The van der Waals surface area contributed by atoms with Gasteiger partial charge in [0.05, 0.1) is 6.20 Å². The summed E-state index contributed by atoms with van der Waals surface area (Å²) in [7, 11) is 1.57. The van der Waals surface area contributed by atoms with Crippen molar-refractivity contribution in [1.82, 2.24) is 20.1 Å². The van der Waals surface area contributed by atoms with Gasteiger partial charge in [-0.3, -0.25) is 0 Å². The highest BCUT2D eigenvalue weighted by molar-refractivity contribution is 6.31. The van der Waals surface area contributed by atoms with Gasteiger partial charge in [0.2, 0.25) is 5.88 Å². The number of H-pyrrole nitrogens is 1. The van der Waals surface area contributed by atoms with Crippen molar-refractivity contribution in [3.05, 3.63) is 40.7 Å². The van der Waals surface area contributed by atoms with E-state index in [2.05, 4.69) is 20.1 Å². The van der Waals surface area contributed by atoms with Crippen LogP contribution in [0.25, 0.3) is 10.9 Å². The van der Waals surface area contributed by atoms with E-state index in [-0.39, 0.29) is 23.2 Å². The Bertz CT molecular complexity index is 994. The SMILES string of the molecule is Cc1[nH]c2ccc(OC(F)(F)F)cc2c1CCNC(=O)Oc1c(Cl)cnn1C. The third kappa shape index (κ3) is 4.50. The number of aromatic nitrogens is 3. The van der Waals surface area contributed by atoms with Crippen LogP contribution in [-0.4, -0.2) is 33.8 Å². The molecule has 28 heavy (non-hydrogen) atoms. The Hall–Kier alpha value is -2.88. The molecule has 2 N–H and O–H groups in total. The van der Waals surface area contributed by atoms with Gasteiger partial charge in [-0.1, -0.05) is 11.6 Å². The molecule has 0 atom stereocenters. The van der Waals surface area contributed by atoms with Crippen molar-refractivity contribution in [2.75, 3.05) is 6.54 Å². The number of ether oxygens (including phenoxy) is 2. The molecule has 0 aliphatic heterocycles. The standard InChI is InChI=1S/C17H16ClF3N4O3/c1-9-11(5-6-22-16(26)27-15-13(18)8-23-25(15)2)12-7-10(28-17(19,20)21)3-4-14(12)24-9/h3-4,7-8,24H,5-6H2,1-2H3,(H,22,26). The quantitative estimate of drug-likeness (QED) is 0.656. The van der Waals surface area contributed by atoms with E-state index >= 15 is 0 Å². The molecular weight excluding hydrogens is 401 g/mol. The van der Waals surface area contributed by atoms with E-state index in [1.165, 1.54) is 29.1 Å². The number of halogens is 4. The van der Waals surface area contributed by atoms with Crippen molar-refractivity contribution in [3.63, 3.8) is 0 Å². The summed E-state index contributed by atoms with van der Waals surface area (Å²) in [4.78, 5) is 15.0. The van der Waals surface area contributed by atoms with Crippen LogP contribution in [0.2, 0.25) is 5.02 Å². The first-order valence-electron chi connectivity index (χ1n) is 8.14. The van der Waals surface area contributed by atoms with Gasteiger partial charge in [-0.05, 0) is 37.1 Å². The molecule has 0 saturated heterocycles. The van der Waals surface area contributed by atoms with Crippen LogP contribution in [0, 0.1) is 6.92 Å². The molecule has 0 aliphatic rings. The molecule has 2 heterocycles. The van der Waals surface area contributed by atoms with Crippen LogP contribution in [0.5, 0.6) is 11.6 Å². The highest BCUT2D eigenvalue weighted by Gasteiger charge is 2.31. The van der Waals surface area contributed by atoms with E-state index < -0.39 is 12.5 Å². The Balaban J connectivity index is 1.67. The lowest BCUT2D eigenvalue weighted by Crippen LogP contribution is -2.29. The van der Waals surface area contributed by atoms with Crippen LogP contribution in [0.15, 0.2) is 24.4 Å². The number of benzene rings is 1. The van der Waals surface area contributed by atoms with Gasteiger partial charge in [-0.15, -0.1) is 13.2 Å². The van der Waals surface area contributed by atoms with Gasteiger partial charge in [0.25, 0.3) is 0 Å². The number of rotatable bonds is 5. The first-order valence-corrected chi connectivity index (χ1v) is 8.52. The molecule has 3 rings (SSSR count). The monoisotopic (exact) mass is 416 g/mol. The molecule has 11 heteroatoms. The third-order valence-corrected chi connectivity index (χ3v) is 4.26. The first kappa shape index (κ1) is 19.9. The number of aromatic amines is 1. The van der Waals surface area contributed by atoms with Gasteiger partial charge in [-0.25, -0.2) is 9.48 Å². The van der Waals surface area contributed by atoms with E-state index in [0.717, 1.165) is 11.3 Å². The predicted octanol–water partition coefficient (Wildman–Crippen LogP) is 4.09. The Kier molecular flexibility index (Phi) is 5.41. The smallest absolute Gasteiger partial charge is 0.406 e. The lowest BCUT2D eigenvalue weighted by Gasteiger charge is -2.09. The lowest BCUT2D eigenvalue weighted by molar-refractivity contribution is -0.274. The Morgan fingerprint density at radius 2 is 2.14 bits per heavy atom. The van der Waals surface area contributed by atoms with Crippen molar-refractivity contribution >= 4 is 28.6 Å². The fourth-order valence-electron chi connectivity index (χ4n) is 2.81. The largest absolute Gasteiger partial charge is 0.573 e. The van der Waals surface area contributed by atoms with Crippen LogP contribution >= 0.6 is 11.6 Å². The van der Waals surface area contributed by atoms with Crippen LogP contribution in [0.1, 0.15) is 11.3 Å². The summed E-state index contributed by atoms with van der Waals surface area (Å²) >= 11 is 5.87. The summed E-state index contributed by atoms with van der Waals surface area (Å²) in [5.74, 6) is -0.199. The molecule has 1 aromatic carbocycles. The maximum atomic E-state index is 12.4. The fourth-order valence-corrected chi connectivity index (χ4v) is 3.01. The highest BCUT2D eigenvalue weighted by Crippen LogP contribution is 2.30. The number of fused-ring (bicyclic) bond motifs is 1. The minimum atomic E-state index is -4.77. The van der Waals surface area contributed by atoms with Crippen LogP contribution in [0.3, 0.4) is 0 Å². The van der Waals surface area contributed by atoms with Gasteiger partial charge in [0.15, 0.2) is 0 Å². The molecule has 0 bridgehead atoms. The van der Waals surface area contributed by atoms with E-state index in [1.807, 2.05) is 0 Å². The second-order valence-electron chi connectivity index (χ2n) is 5.97. The molecule has 0 aliphatic carbocycles. The summed E-state index contributed by atoms with van der Waals surface area (Å²) in [6.45, 7) is 2.00. The number of carbonyl (C=O) groups excluding carboxylic acids is 1. The minimum Gasteiger partial charge on any atom is -0.406 e. The average Bonchev–Trinajstić information content (AvgIpc) is 3.07. The van der Waals surface area contributed by atoms with Crippen molar-refractivity contribution < 1.29 is 27.4 Å². The second kappa shape index (κ2) is 7.63. The Labute approximate surface area is 162 Å². The molecule has 1 amide bonds. The van der Waals surface area contributed by atoms with Crippen molar-refractivity contribution in [2.24, 2.45) is 7.05 Å². The molecular formula is C17H16ClF3N4O3. The van der Waals surface area contributed by atoms with E-state index in [1.54, 1.807) is 14.0 Å². The maximum Gasteiger partial charge on any atom is 0.573 e. The lowest BCUT2D eigenvalue weighted by atomic mass is 10.1. The fraction of sp³-hybridized carbons (Fsp3) is 0.294. The summed E-state index contributed by atoms with van der Waals surface area (Å²) in [6, 6.07) is 4.07. The number of hydrogen-bond donors (Lipinski definition) is 2. The van der Waals surface area contributed by atoms with Crippen LogP contribution in [0.4, 0.5) is 18.0 Å². The molecule has 0 unspecified atom stereocenters. The number of nitrogens with one attached hydrogen (secondary N) is 2. The second-order valence-corrected chi connectivity index (χ2v) is 6.38. The highest BCUT2D eigenvalue weighted by atomic mass is 35.5. The van der Waals surface area contributed by atoms with E-state index in [0.29, 0.717) is 17.3 Å². The normalized spacial score (nSPS) is 11.6. The molecule has 0 spiro atoms. The zero-order valence-corrected chi connectivity index (χ0v) is 15.6. The summed E-state index contributed by atoms with van der Waals surface area (Å²) in [5, 5.41) is 7.21. The van der Waals surface area contributed by atoms with Gasteiger partial charge >= 0.3 is 12.5 Å². The summed E-state index contributed by atoms with van der Waals surface area (Å²) < 4.78 is 47.7. The molecule has 0 fully saturated rings. The molecule has 3 aromatic rings. The van der Waals surface area contributed by atoms with Crippen LogP contribution < -0.4 is 14.8 Å². The number of nitrogens with zero attached hydrogens (tertiary/aromatic N) is 2. The Morgan fingerprint density at radius 3 is 2.79 bits per heavy atom. The van der Waals surface area contributed by atoms with Gasteiger partial charge in [0, 0.05) is 30.2 Å². The van der Waals surface area contributed by atoms with Crippen LogP contribution in [-0.2, 0) is 13.5 Å². The zero-order chi connectivity index (χ0) is 20.5. The average molecular weight is 417 g/mol. The molecule has 0 radical (unpaired) electrons.